The van der Waals surface area contributed by atoms with Gasteiger partial charge in [-0.25, -0.2) is 4.98 Å². The van der Waals surface area contributed by atoms with E-state index in [4.69, 9.17) is 33.7 Å². The summed E-state index contributed by atoms with van der Waals surface area (Å²) in [5.41, 5.74) is 9.11. The third-order valence-corrected chi connectivity index (χ3v) is 6.37. The van der Waals surface area contributed by atoms with Crippen molar-refractivity contribution in [1.82, 2.24) is 4.98 Å². The second kappa shape index (κ2) is 6.17. The highest BCUT2D eigenvalue weighted by Crippen LogP contribution is 2.52. The number of nitriles is 1. The molecule has 0 saturated carbocycles. The van der Waals surface area contributed by atoms with E-state index in [1.807, 2.05) is 32.0 Å². The van der Waals surface area contributed by atoms with Crippen molar-refractivity contribution < 1.29 is 4.74 Å². The van der Waals surface area contributed by atoms with Crippen LogP contribution in [0.2, 0.25) is 10.0 Å². The van der Waals surface area contributed by atoms with Crippen LogP contribution in [0.1, 0.15) is 27.6 Å². The quantitative estimate of drug-likeness (QED) is 0.589. The number of hydrogen-bond donors (Lipinski definition) is 1. The topological polar surface area (TPSA) is 71.9 Å². The highest BCUT2D eigenvalue weighted by atomic mass is 35.5. The molecule has 130 valence electrons. The number of pyridine rings is 1. The molecule has 1 aromatic carbocycles. The molecular formula is C19H13Cl2N3OS. The maximum Gasteiger partial charge on any atom is 0.205 e. The standard InChI is InChI=1S/C19H13Cl2N3OS/c1-8-6-9(2)24-19-13(8)16-17(26-19)14(11(7-22)18(23)25-16)10-4-3-5-12(20)15(10)21/h3-6,14H,23H2,1-2H3. The number of ether oxygens (including phenoxy) is 1. The van der Waals surface area contributed by atoms with Crippen molar-refractivity contribution in [1.29, 1.82) is 5.26 Å². The number of rotatable bonds is 1. The molecule has 0 fully saturated rings. The third-order valence-electron chi connectivity index (χ3n) is 4.41. The van der Waals surface area contributed by atoms with E-state index >= 15 is 0 Å². The Hall–Kier alpha value is -2.26. The minimum atomic E-state index is -0.436. The zero-order valence-corrected chi connectivity index (χ0v) is 16.3. The minimum absolute atomic E-state index is 0.0840. The van der Waals surface area contributed by atoms with Gasteiger partial charge in [0.25, 0.3) is 0 Å². The van der Waals surface area contributed by atoms with Gasteiger partial charge in [-0.15, -0.1) is 11.3 Å². The molecule has 4 nitrogen and oxygen atoms in total. The fraction of sp³-hybridized carbons (Fsp3) is 0.158. The molecule has 3 aromatic rings. The lowest BCUT2D eigenvalue weighted by Crippen LogP contribution is -2.20. The first kappa shape index (κ1) is 17.2. The summed E-state index contributed by atoms with van der Waals surface area (Å²) < 4.78 is 5.86. The number of thiophene rings is 1. The lowest BCUT2D eigenvalue weighted by Gasteiger charge is -2.24. The lowest BCUT2D eigenvalue weighted by molar-refractivity contribution is 0.401. The summed E-state index contributed by atoms with van der Waals surface area (Å²) in [6.07, 6.45) is 0. The van der Waals surface area contributed by atoms with E-state index in [9.17, 15) is 5.26 Å². The van der Waals surface area contributed by atoms with Crippen molar-refractivity contribution in [2.24, 2.45) is 5.73 Å². The van der Waals surface area contributed by atoms with Gasteiger partial charge in [-0.3, -0.25) is 0 Å². The van der Waals surface area contributed by atoms with Crippen LogP contribution in [0, 0.1) is 25.2 Å². The molecule has 7 heteroatoms. The molecule has 0 bridgehead atoms. The Morgan fingerprint density at radius 2 is 2.08 bits per heavy atom. The van der Waals surface area contributed by atoms with Gasteiger partial charge < -0.3 is 10.5 Å². The monoisotopic (exact) mass is 401 g/mol. The van der Waals surface area contributed by atoms with Crippen LogP contribution in [-0.2, 0) is 0 Å². The van der Waals surface area contributed by atoms with Gasteiger partial charge in [-0.05, 0) is 37.1 Å². The number of nitrogens with two attached hydrogens (primary N) is 1. The Balaban J connectivity index is 2.07. The summed E-state index contributed by atoms with van der Waals surface area (Å²) >= 11 is 14.2. The number of halogens is 2. The van der Waals surface area contributed by atoms with Gasteiger partial charge in [0, 0.05) is 5.69 Å². The van der Waals surface area contributed by atoms with E-state index in [1.165, 1.54) is 11.3 Å². The van der Waals surface area contributed by atoms with Crippen molar-refractivity contribution in [3.05, 3.63) is 67.5 Å². The van der Waals surface area contributed by atoms with Crippen LogP contribution in [0.25, 0.3) is 10.2 Å². The molecule has 0 saturated heterocycles. The highest BCUT2D eigenvalue weighted by molar-refractivity contribution is 7.19. The van der Waals surface area contributed by atoms with E-state index < -0.39 is 5.92 Å². The molecule has 26 heavy (non-hydrogen) atoms. The SMILES string of the molecule is Cc1cc(C)c2c3c(sc2n1)C(c1cccc(Cl)c1Cl)C(C#N)=C(N)O3. The molecule has 0 radical (unpaired) electrons. The summed E-state index contributed by atoms with van der Waals surface area (Å²) in [5, 5.41) is 11.5. The van der Waals surface area contributed by atoms with Crippen molar-refractivity contribution in [2.75, 3.05) is 0 Å². The van der Waals surface area contributed by atoms with Gasteiger partial charge in [0.1, 0.15) is 16.5 Å². The van der Waals surface area contributed by atoms with Crippen LogP contribution < -0.4 is 10.5 Å². The molecule has 0 amide bonds. The summed E-state index contributed by atoms with van der Waals surface area (Å²) in [6, 6.07) is 9.56. The molecule has 3 heterocycles. The summed E-state index contributed by atoms with van der Waals surface area (Å²) in [5.74, 6) is 0.294. The van der Waals surface area contributed by atoms with Crippen molar-refractivity contribution in [3.8, 4) is 11.8 Å². The van der Waals surface area contributed by atoms with Crippen LogP contribution >= 0.6 is 34.5 Å². The fourth-order valence-electron chi connectivity index (χ4n) is 3.32. The largest absolute Gasteiger partial charge is 0.439 e. The molecule has 4 rings (SSSR count). The molecule has 2 aromatic heterocycles. The summed E-state index contributed by atoms with van der Waals surface area (Å²) in [6.45, 7) is 3.96. The van der Waals surface area contributed by atoms with Gasteiger partial charge in [0.15, 0.2) is 5.75 Å². The fourth-order valence-corrected chi connectivity index (χ4v) is 5.09. The zero-order valence-electron chi connectivity index (χ0n) is 13.9. The molecule has 0 spiro atoms. The Morgan fingerprint density at radius 1 is 1.31 bits per heavy atom. The Bertz CT molecular complexity index is 1140. The maximum atomic E-state index is 9.70. The average Bonchev–Trinajstić information content (AvgIpc) is 2.94. The molecule has 2 N–H and O–H groups in total. The van der Waals surface area contributed by atoms with E-state index in [1.54, 1.807) is 6.07 Å². The van der Waals surface area contributed by atoms with Crippen LogP contribution in [0.15, 0.2) is 35.7 Å². The van der Waals surface area contributed by atoms with Crippen LogP contribution in [-0.4, -0.2) is 4.98 Å². The second-order valence-corrected chi connectivity index (χ2v) is 7.94. The van der Waals surface area contributed by atoms with Gasteiger partial charge in [-0.1, -0.05) is 35.3 Å². The summed E-state index contributed by atoms with van der Waals surface area (Å²) in [7, 11) is 0. The first-order valence-corrected chi connectivity index (χ1v) is 9.41. The van der Waals surface area contributed by atoms with Gasteiger partial charge >= 0.3 is 0 Å². The predicted octanol–water partition coefficient (Wildman–Crippen LogP) is 5.44. The third kappa shape index (κ3) is 2.45. The van der Waals surface area contributed by atoms with Gasteiger partial charge in [-0.2, -0.15) is 5.26 Å². The number of allylic oxidation sites excluding steroid dienone is 1. The van der Waals surface area contributed by atoms with Gasteiger partial charge in [0.05, 0.1) is 26.2 Å². The zero-order chi connectivity index (χ0) is 18.6. The Kier molecular flexibility index (Phi) is 4.07. The molecule has 1 aliphatic heterocycles. The van der Waals surface area contributed by atoms with E-state index in [-0.39, 0.29) is 5.88 Å². The minimum Gasteiger partial charge on any atom is -0.439 e. The number of fused-ring (bicyclic) bond motifs is 3. The first-order valence-electron chi connectivity index (χ1n) is 7.84. The highest BCUT2D eigenvalue weighted by Gasteiger charge is 2.36. The number of aryl methyl sites for hydroxylation is 2. The molecule has 1 atom stereocenters. The normalized spacial score (nSPS) is 16.3. The maximum absolute atomic E-state index is 9.70. The molecule has 0 aliphatic carbocycles. The van der Waals surface area contributed by atoms with Crippen molar-refractivity contribution in [2.45, 2.75) is 19.8 Å². The smallest absolute Gasteiger partial charge is 0.205 e. The van der Waals surface area contributed by atoms with Crippen LogP contribution in [0.3, 0.4) is 0 Å². The van der Waals surface area contributed by atoms with Crippen molar-refractivity contribution >= 4 is 44.8 Å². The predicted molar refractivity (Wildman–Crippen MR) is 105 cm³/mol. The lowest BCUT2D eigenvalue weighted by atomic mass is 9.88. The van der Waals surface area contributed by atoms with Gasteiger partial charge in [0.2, 0.25) is 5.88 Å². The number of hydrogen-bond acceptors (Lipinski definition) is 5. The van der Waals surface area contributed by atoms with E-state index in [0.29, 0.717) is 21.4 Å². The Morgan fingerprint density at radius 3 is 2.81 bits per heavy atom. The van der Waals surface area contributed by atoms with Crippen LogP contribution in [0.4, 0.5) is 0 Å². The first-order chi connectivity index (χ1) is 12.4. The molecule has 1 unspecified atom stereocenters. The van der Waals surface area contributed by atoms with Crippen LogP contribution in [0.5, 0.6) is 5.75 Å². The molecule has 1 aliphatic rings. The second-order valence-electron chi connectivity index (χ2n) is 6.12. The van der Waals surface area contributed by atoms with E-state index in [2.05, 4.69) is 11.1 Å². The summed E-state index contributed by atoms with van der Waals surface area (Å²) in [4.78, 5) is 6.33. The Labute approximate surface area is 164 Å². The average molecular weight is 402 g/mol. The van der Waals surface area contributed by atoms with E-state index in [0.717, 1.165) is 31.9 Å². The van der Waals surface area contributed by atoms with Crippen molar-refractivity contribution in [3.63, 3.8) is 0 Å². The number of aromatic nitrogens is 1. The number of nitrogens with zero attached hydrogens (tertiary/aromatic N) is 2. The molecular weight excluding hydrogens is 389 g/mol. The number of benzene rings is 1.